The average Bonchev–Trinajstić information content (AvgIpc) is 2.40. The number of nitrogens with zero attached hydrogens (tertiary/aromatic N) is 2. The number of nitrogen functional groups attached to an aromatic ring is 1. The number of nitrogens with two attached hydrogens (primary N) is 1. The molecule has 1 heterocycles. The summed E-state index contributed by atoms with van der Waals surface area (Å²) in [5.74, 6) is 1.31. The minimum absolute atomic E-state index is 0.373. The van der Waals surface area contributed by atoms with Crippen LogP contribution >= 0.6 is 0 Å². The van der Waals surface area contributed by atoms with Gasteiger partial charge in [0.2, 0.25) is 0 Å². The van der Waals surface area contributed by atoms with Crippen molar-refractivity contribution in [1.29, 1.82) is 0 Å². The molecule has 1 rings (SSSR count). The van der Waals surface area contributed by atoms with Gasteiger partial charge in [0, 0.05) is 13.6 Å². The number of nitrogens with one attached hydrogen (secondary N) is 1. The van der Waals surface area contributed by atoms with Crippen molar-refractivity contribution in [3.8, 4) is 0 Å². The maximum atomic E-state index is 6.00. The van der Waals surface area contributed by atoms with Crippen molar-refractivity contribution in [2.75, 3.05) is 17.6 Å². The van der Waals surface area contributed by atoms with Crippen LogP contribution in [0, 0.1) is 0 Å². The number of anilines is 2. The van der Waals surface area contributed by atoms with Gasteiger partial charge in [-0.25, -0.2) is 0 Å². The first-order chi connectivity index (χ1) is 6.57. The smallest absolute Gasteiger partial charge is 0.147 e. The summed E-state index contributed by atoms with van der Waals surface area (Å²) in [4.78, 5) is 0. The third kappa shape index (κ3) is 2.00. The molecule has 0 aromatic carbocycles. The lowest BCUT2D eigenvalue weighted by Crippen LogP contribution is -2.06. The predicted octanol–water partition coefficient (Wildman–Crippen LogP) is 1.95. The lowest BCUT2D eigenvalue weighted by Gasteiger charge is -2.05. The molecule has 4 nitrogen and oxygen atoms in total. The molecule has 80 valence electrons. The van der Waals surface area contributed by atoms with Crippen LogP contribution in [0.3, 0.4) is 0 Å². The second-order valence-corrected chi connectivity index (χ2v) is 3.85. The van der Waals surface area contributed by atoms with Gasteiger partial charge in [0.05, 0.1) is 11.4 Å². The summed E-state index contributed by atoms with van der Waals surface area (Å²) in [6, 6.07) is 0. The number of aromatic nitrogens is 2. The van der Waals surface area contributed by atoms with E-state index < -0.39 is 0 Å². The van der Waals surface area contributed by atoms with Gasteiger partial charge in [-0.15, -0.1) is 0 Å². The van der Waals surface area contributed by atoms with E-state index in [2.05, 4.69) is 31.2 Å². The number of rotatable bonds is 4. The fourth-order valence-electron chi connectivity index (χ4n) is 1.44. The van der Waals surface area contributed by atoms with Gasteiger partial charge >= 0.3 is 0 Å². The Bertz CT molecular complexity index is 301. The highest BCUT2D eigenvalue weighted by Gasteiger charge is 2.14. The van der Waals surface area contributed by atoms with Gasteiger partial charge < -0.3 is 11.1 Å². The molecule has 1 aromatic rings. The lowest BCUT2D eigenvalue weighted by molar-refractivity contribution is 0.714. The highest BCUT2D eigenvalue weighted by atomic mass is 15.3. The van der Waals surface area contributed by atoms with Crippen molar-refractivity contribution >= 4 is 11.5 Å². The molecule has 4 heteroatoms. The van der Waals surface area contributed by atoms with Crippen molar-refractivity contribution < 1.29 is 0 Å². The average molecular weight is 196 g/mol. The molecule has 0 bridgehead atoms. The molecule has 0 saturated heterocycles. The van der Waals surface area contributed by atoms with Gasteiger partial charge in [0.15, 0.2) is 0 Å². The van der Waals surface area contributed by atoms with Crippen LogP contribution in [-0.4, -0.2) is 16.3 Å². The van der Waals surface area contributed by atoms with Gasteiger partial charge in [-0.2, -0.15) is 5.10 Å². The molecule has 0 unspecified atom stereocenters. The van der Waals surface area contributed by atoms with Crippen LogP contribution in [0.5, 0.6) is 0 Å². The Morgan fingerprint density at radius 1 is 1.50 bits per heavy atom. The zero-order valence-electron chi connectivity index (χ0n) is 9.46. The maximum absolute atomic E-state index is 6.00. The first-order valence-corrected chi connectivity index (χ1v) is 5.14. The van der Waals surface area contributed by atoms with E-state index >= 15 is 0 Å². The lowest BCUT2D eigenvalue weighted by atomic mass is 10.1. The summed E-state index contributed by atoms with van der Waals surface area (Å²) < 4.78 is 1.82. The van der Waals surface area contributed by atoms with Gasteiger partial charge in [0.25, 0.3) is 0 Å². The quantitative estimate of drug-likeness (QED) is 0.774. The van der Waals surface area contributed by atoms with E-state index in [0.29, 0.717) is 5.92 Å². The van der Waals surface area contributed by atoms with Crippen molar-refractivity contribution in [3.05, 3.63) is 5.69 Å². The summed E-state index contributed by atoms with van der Waals surface area (Å²) in [5, 5.41) is 7.67. The SMILES string of the molecule is CCCNc1c(N)c(C(C)C)nn1C. The normalized spacial score (nSPS) is 10.9. The highest BCUT2D eigenvalue weighted by molar-refractivity contribution is 5.65. The molecular weight excluding hydrogens is 176 g/mol. The Hall–Kier alpha value is -1.19. The maximum Gasteiger partial charge on any atom is 0.147 e. The first-order valence-electron chi connectivity index (χ1n) is 5.14. The third-order valence-electron chi connectivity index (χ3n) is 2.20. The third-order valence-corrected chi connectivity index (χ3v) is 2.20. The monoisotopic (exact) mass is 196 g/mol. The number of aryl methyl sites for hydroxylation is 1. The minimum atomic E-state index is 0.373. The van der Waals surface area contributed by atoms with Crippen LogP contribution in [-0.2, 0) is 7.05 Å². The van der Waals surface area contributed by atoms with E-state index in [1.165, 1.54) is 0 Å². The summed E-state index contributed by atoms with van der Waals surface area (Å²) in [7, 11) is 1.92. The Morgan fingerprint density at radius 3 is 2.57 bits per heavy atom. The zero-order valence-corrected chi connectivity index (χ0v) is 9.46. The summed E-state index contributed by atoms with van der Waals surface area (Å²) in [6.07, 6.45) is 1.08. The Morgan fingerprint density at radius 2 is 2.14 bits per heavy atom. The summed E-state index contributed by atoms with van der Waals surface area (Å²) in [5.41, 5.74) is 7.77. The fourth-order valence-corrected chi connectivity index (χ4v) is 1.44. The molecule has 3 N–H and O–H groups in total. The van der Waals surface area contributed by atoms with Crippen LogP contribution < -0.4 is 11.1 Å². The Kier molecular flexibility index (Phi) is 3.38. The Labute approximate surface area is 85.5 Å². The van der Waals surface area contributed by atoms with Crippen LogP contribution in [0.4, 0.5) is 11.5 Å². The van der Waals surface area contributed by atoms with E-state index in [4.69, 9.17) is 5.73 Å². The molecule has 1 aromatic heterocycles. The number of hydrogen-bond acceptors (Lipinski definition) is 3. The summed E-state index contributed by atoms with van der Waals surface area (Å²) in [6.45, 7) is 7.26. The van der Waals surface area contributed by atoms with Crippen LogP contribution in [0.2, 0.25) is 0 Å². The van der Waals surface area contributed by atoms with Crippen LogP contribution in [0.1, 0.15) is 38.8 Å². The molecule has 0 aliphatic heterocycles. The molecule has 14 heavy (non-hydrogen) atoms. The Balaban J connectivity index is 2.93. The van der Waals surface area contributed by atoms with Gasteiger partial charge in [-0.1, -0.05) is 20.8 Å². The molecule has 0 fully saturated rings. The van der Waals surface area contributed by atoms with Gasteiger partial charge in [0.1, 0.15) is 5.82 Å². The van der Waals surface area contributed by atoms with E-state index in [-0.39, 0.29) is 0 Å². The zero-order chi connectivity index (χ0) is 10.7. The number of hydrogen-bond donors (Lipinski definition) is 2. The van der Waals surface area contributed by atoms with Crippen molar-refractivity contribution in [2.45, 2.75) is 33.1 Å². The van der Waals surface area contributed by atoms with E-state index in [0.717, 1.165) is 30.2 Å². The van der Waals surface area contributed by atoms with Crippen LogP contribution in [0.15, 0.2) is 0 Å². The standard InChI is InChI=1S/C10H20N4/c1-5-6-12-10-8(11)9(7(2)3)13-14(10)4/h7,12H,5-6,11H2,1-4H3. The molecule has 0 spiro atoms. The van der Waals surface area contributed by atoms with E-state index in [1.54, 1.807) is 0 Å². The highest BCUT2D eigenvalue weighted by Crippen LogP contribution is 2.27. The first kappa shape index (κ1) is 10.9. The van der Waals surface area contributed by atoms with Gasteiger partial charge in [-0.05, 0) is 12.3 Å². The molecule has 0 aliphatic carbocycles. The topological polar surface area (TPSA) is 55.9 Å². The predicted molar refractivity (Wildman–Crippen MR) is 60.5 cm³/mol. The molecule has 0 aliphatic rings. The fraction of sp³-hybridized carbons (Fsp3) is 0.700. The van der Waals surface area contributed by atoms with E-state index in [9.17, 15) is 0 Å². The van der Waals surface area contributed by atoms with Crippen molar-refractivity contribution in [2.24, 2.45) is 7.05 Å². The second-order valence-electron chi connectivity index (χ2n) is 3.85. The summed E-state index contributed by atoms with van der Waals surface area (Å²) >= 11 is 0. The minimum Gasteiger partial charge on any atom is -0.394 e. The van der Waals surface area contributed by atoms with Gasteiger partial charge in [-0.3, -0.25) is 4.68 Å². The molecule has 0 amide bonds. The molecular formula is C10H20N4. The van der Waals surface area contributed by atoms with E-state index in [1.807, 2.05) is 11.7 Å². The molecule has 0 saturated carbocycles. The molecule has 0 radical (unpaired) electrons. The van der Waals surface area contributed by atoms with Crippen molar-refractivity contribution in [1.82, 2.24) is 9.78 Å². The second kappa shape index (κ2) is 4.35. The van der Waals surface area contributed by atoms with Crippen LogP contribution in [0.25, 0.3) is 0 Å². The van der Waals surface area contributed by atoms with Crippen molar-refractivity contribution in [3.63, 3.8) is 0 Å². The molecule has 0 atom stereocenters. The largest absolute Gasteiger partial charge is 0.394 e.